The van der Waals surface area contributed by atoms with Gasteiger partial charge in [0.25, 0.3) is 0 Å². The molecule has 2 unspecified atom stereocenters. The molecule has 13 nitrogen and oxygen atoms in total. The first-order chi connectivity index (χ1) is 18.7. The largest absolute Gasteiger partial charge is 0.481 e. The summed E-state index contributed by atoms with van der Waals surface area (Å²) >= 11 is 0. The number of hydrogen-bond acceptors (Lipinski definition) is 12. The van der Waals surface area contributed by atoms with E-state index in [9.17, 15) is 9.59 Å². The van der Waals surface area contributed by atoms with Crippen molar-refractivity contribution in [1.29, 1.82) is 0 Å². The maximum absolute atomic E-state index is 12.8. The molecule has 2 atom stereocenters. The molecule has 13 heteroatoms. The second kappa shape index (κ2) is 20.5. The minimum absolute atomic E-state index is 0.0498. The van der Waals surface area contributed by atoms with Crippen molar-refractivity contribution in [3.05, 3.63) is 0 Å². The summed E-state index contributed by atoms with van der Waals surface area (Å²) in [5, 5.41) is 8.84. The fourth-order valence-corrected chi connectivity index (χ4v) is 3.86. The maximum atomic E-state index is 12.8. The molecule has 0 aromatic heterocycles. The molecule has 0 fully saturated rings. The van der Waals surface area contributed by atoms with E-state index in [0.717, 1.165) is 0 Å². The molecule has 0 aromatic rings. The normalized spacial score (nSPS) is 14.7. The summed E-state index contributed by atoms with van der Waals surface area (Å²) in [4.78, 5) is 23.6. The van der Waals surface area contributed by atoms with Gasteiger partial charge in [-0.05, 0) is 54.4 Å². The Hall–Kier alpha value is -1.42. The molecule has 0 aliphatic carbocycles. The summed E-state index contributed by atoms with van der Waals surface area (Å²) in [7, 11) is 2.77. The molecule has 0 saturated heterocycles. The number of unbranched alkanes of at least 4 members (excludes halogenated alkanes) is 1. The van der Waals surface area contributed by atoms with Gasteiger partial charge < -0.3 is 52.5 Å². The van der Waals surface area contributed by atoms with Crippen LogP contribution in [0.5, 0.6) is 0 Å². The predicted molar refractivity (Wildman–Crippen MR) is 139 cm³/mol. The van der Waals surface area contributed by atoms with E-state index in [-0.39, 0.29) is 52.1 Å². The second-order valence-corrected chi connectivity index (χ2v) is 7.95. The van der Waals surface area contributed by atoms with Crippen molar-refractivity contribution in [2.24, 2.45) is 0 Å². The Morgan fingerprint density at radius 3 is 1.54 bits per heavy atom. The van der Waals surface area contributed by atoms with Crippen LogP contribution in [0.4, 0.5) is 0 Å². The van der Waals surface area contributed by atoms with Gasteiger partial charge in [0.05, 0.1) is 13.2 Å². The van der Waals surface area contributed by atoms with Crippen LogP contribution in [0.25, 0.3) is 0 Å². The van der Waals surface area contributed by atoms with Crippen LogP contribution in [0, 0.1) is 0 Å². The summed E-state index contributed by atoms with van der Waals surface area (Å²) in [5.41, 5.74) is 0. The van der Waals surface area contributed by atoms with Crippen LogP contribution >= 0.6 is 0 Å². The van der Waals surface area contributed by atoms with Crippen LogP contribution in [0.15, 0.2) is 0 Å². The highest BCUT2D eigenvalue weighted by Crippen LogP contribution is 2.37. The van der Waals surface area contributed by atoms with Gasteiger partial charge in [-0.2, -0.15) is 0 Å². The molecular formula is C26H50O13. The Bertz CT molecular complexity index is 637. The highest BCUT2D eigenvalue weighted by molar-refractivity contribution is 5.70. The van der Waals surface area contributed by atoms with Crippen LogP contribution in [0.1, 0.15) is 73.6 Å². The van der Waals surface area contributed by atoms with Gasteiger partial charge >= 0.3 is 29.9 Å². The first kappa shape index (κ1) is 37.6. The summed E-state index contributed by atoms with van der Waals surface area (Å²) < 4.78 is 58.2. The lowest BCUT2D eigenvalue weighted by Gasteiger charge is -2.44. The van der Waals surface area contributed by atoms with E-state index >= 15 is 0 Å². The third kappa shape index (κ3) is 11.5. The van der Waals surface area contributed by atoms with Crippen LogP contribution < -0.4 is 0 Å². The number of esters is 1. The molecule has 1 N–H and O–H groups in total. The third-order valence-electron chi connectivity index (χ3n) is 5.30. The topological polar surface area (TPSA) is 147 Å². The molecular weight excluding hydrogens is 520 g/mol. The molecule has 232 valence electrons. The molecule has 0 aliphatic rings. The Morgan fingerprint density at radius 1 is 0.667 bits per heavy atom. The van der Waals surface area contributed by atoms with Crippen molar-refractivity contribution in [1.82, 2.24) is 0 Å². The number of carboxylic acid groups (broad SMARTS) is 1. The molecule has 39 heavy (non-hydrogen) atoms. The second-order valence-electron chi connectivity index (χ2n) is 7.95. The first-order valence-corrected chi connectivity index (χ1v) is 13.6. The van der Waals surface area contributed by atoms with Crippen LogP contribution in [-0.2, 0) is 57.0 Å². The number of hydrogen-bond donors (Lipinski definition) is 1. The van der Waals surface area contributed by atoms with E-state index in [1.807, 2.05) is 20.8 Å². The Morgan fingerprint density at radius 2 is 1.13 bits per heavy atom. The lowest BCUT2D eigenvalue weighted by atomic mass is 10.2. The summed E-state index contributed by atoms with van der Waals surface area (Å²) in [6.45, 7) is 11.6. The molecule has 0 rings (SSSR count). The minimum atomic E-state index is -2.24. The van der Waals surface area contributed by atoms with Crippen LogP contribution in [0.3, 0.4) is 0 Å². The fourth-order valence-electron chi connectivity index (χ4n) is 3.86. The van der Waals surface area contributed by atoms with Crippen molar-refractivity contribution in [2.45, 2.75) is 97.7 Å². The average Bonchev–Trinajstić information content (AvgIpc) is 2.89. The van der Waals surface area contributed by atoms with E-state index in [4.69, 9.17) is 52.5 Å². The number of aliphatic carboxylic acids is 1. The Labute approximate surface area is 232 Å². The van der Waals surface area contributed by atoms with Crippen molar-refractivity contribution < 1.29 is 62.1 Å². The van der Waals surface area contributed by atoms with Gasteiger partial charge in [0.1, 0.15) is 6.10 Å². The van der Waals surface area contributed by atoms with Gasteiger partial charge in [0.15, 0.2) is 0 Å². The SMILES string of the molecule is CCOC(OCC)(OCC)C(CCOC(OCC)(OCC)C(OC)(OCC)OC(=O)CCCCC(=O)O)OC. The van der Waals surface area contributed by atoms with Crippen molar-refractivity contribution >= 4 is 11.9 Å². The summed E-state index contributed by atoms with van der Waals surface area (Å²) in [6, 6.07) is 0. The van der Waals surface area contributed by atoms with Gasteiger partial charge in [-0.1, -0.05) is 0 Å². The number of carbonyl (C=O) groups excluding carboxylic acids is 1. The Balaban J connectivity index is 6.06. The molecule has 0 heterocycles. The molecule has 0 radical (unpaired) electrons. The Kier molecular flexibility index (Phi) is 19.7. The first-order valence-electron chi connectivity index (χ1n) is 13.6. The van der Waals surface area contributed by atoms with E-state index in [0.29, 0.717) is 26.2 Å². The third-order valence-corrected chi connectivity index (χ3v) is 5.30. The molecule has 0 aliphatic heterocycles. The number of rotatable bonds is 26. The van der Waals surface area contributed by atoms with Crippen LogP contribution in [0.2, 0.25) is 0 Å². The van der Waals surface area contributed by atoms with E-state index in [2.05, 4.69) is 0 Å². The number of ether oxygens (including phenoxy) is 10. The maximum Gasteiger partial charge on any atom is 0.416 e. The molecule has 0 saturated carbocycles. The predicted octanol–water partition coefficient (Wildman–Crippen LogP) is 3.42. The van der Waals surface area contributed by atoms with Crippen LogP contribution in [-0.4, -0.2) is 102 Å². The lowest BCUT2D eigenvalue weighted by Crippen LogP contribution is -2.64. The highest BCUT2D eigenvalue weighted by Gasteiger charge is 2.63. The van der Waals surface area contributed by atoms with Gasteiger partial charge in [0.2, 0.25) is 0 Å². The number of carbonyl (C=O) groups is 2. The number of carboxylic acids is 1. The van der Waals surface area contributed by atoms with Gasteiger partial charge in [-0.3, -0.25) is 9.59 Å². The highest BCUT2D eigenvalue weighted by atomic mass is 17.0. The molecule has 0 bridgehead atoms. The molecule has 0 aromatic carbocycles. The number of methoxy groups -OCH3 is 2. The molecule has 0 amide bonds. The standard InChI is InChI=1S/C26H50O13/c1-9-32-24(33-10-2,34-11-3)21(30-7)19-20-38-26(36-13-5,37-14-6)25(31-8,35-12-4)39-23(29)18-16-15-17-22(27)28/h21H,9-20H2,1-8H3,(H,27,28). The molecule has 0 spiro atoms. The zero-order valence-electron chi connectivity index (χ0n) is 24.9. The van der Waals surface area contributed by atoms with Crippen molar-refractivity contribution in [2.75, 3.05) is 60.5 Å². The van der Waals surface area contributed by atoms with Gasteiger partial charge in [0, 0.05) is 66.5 Å². The fraction of sp³-hybridized carbons (Fsp3) is 0.923. The zero-order chi connectivity index (χ0) is 29.8. The van der Waals surface area contributed by atoms with E-state index < -0.39 is 36.0 Å². The van der Waals surface area contributed by atoms with Crippen molar-refractivity contribution in [3.63, 3.8) is 0 Å². The van der Waals surface area contributed by atoms with Gasteiger partial charge in [-0.25, -0.2) is 0 Å². The smallest absolute Gasteiger partial charge is 0.416 e. The monoisotopic (exact) mass is 570 g/mol. The quantitative estimate of drug-likeness (QED) is 0.0921. The summed E-state index contributed by atoms with van der Waals surface area (Å²) in [5.74, 6) is -7.49. The average molecular weight is 571 g/mol. The minimum Gasteiger partial charge on any atom is -0.481 e. The zero-order valence-corrected chi connectivity index (χ0v) is 24.9. The lowest BCUT2D eigenvalue weighted by molar-refractivity contribution is -0.547. The van der Waals surface area contributed by atoms with Crippen molar-refractivity contribution in [3.8, 4) is 0 Å². The van der Waals surface area contributed by atoms with E-state index in [1.54, 1.807) is 20.8 Å². The summed E-state index contributed by atoms with van der Waals surface area (Å²) in [6.07, 6.45) is -0.0837. The van der Waals surface area contributed by atoms with E-state index in [1.165, 1.54) is 14.2 Å². The van der Waals surface area contributed by atoms with Gasteiger partial charge in [-0.15, -0.1) is 0 Å².